The molecule has 2 amide bonds. The maximum atomic E-state index is 12.0. The van der Waals surface area contributed by atoms with Crippen molar-refractivity contribution in [3.8, 4) is 0 Å². The van der Waals surface area contributed by atoms with Crippen LogP contribution in [0.5, 0.6) is 0 Å². The number of rotatable bonds is 3. The monoisotopic (exact) mass is 273 g/mol. The van der Waals surface area contributed by atoms with Gasteiger partial charge in [0, 0.05) is 12.8 Å². The van der Waals surface area contributed by atoms with Crippen molar-refractivity contribution in [1.82, 2.24) is 5.06 Å². The Bertz CT molecular complexity index is 579. The van der Waals surface area contributed by atoms with Gasteiger partial charge in [0.2, 0.25) is 0 Å². The van der Waals surface area contributed by atoms with E-state index >= 15 is 0 Å². The molecule has 1 heterocycles. The molecule has 0 spiro atoms. The zero-order valence-electron chi connectivity index (χ0n) is 11.2. The number of aryl methyl sites for hydroxylation is 1. The second kappa shape index (κ2) is 4.74. The van der Waals surface area contributed by atoms with E-state index in [9.17, 15) is 14.4 Å². The van der Waals surface area contributed by atoms with Crippen LogP contribution in [-0.2, 0) is 19.2 Å². The molecule has 5 nitrogen and oxygen atoms in total. The molecule has 1 aliphatic heterocycles. The van der Waals surface area contributed by atoms with Gasteiger partial charge in [0.15, 0.2) is 0 Å². The summed E-state index contributed by atoms with van der Waals surface area (Å²) in [5.74, 6) is -1.47. The lowest BCUT2D eigenvalue weighted by Crippen LogP contribution is -2.32. The minimum absolute atomic E-state index is 0.123. The molecule has 1 saturated carbocycles. The highest BCUT2D eigenvalue weighted by atomic mass is 16.7. The van der Waals surface area contributed by atoms with Gasteiger partial charge in [-0.25, -0.2) is 4.79 Å². The summed E-state index contributed by atoms with van der Waals surface area (Å²) in [6.45, 7) is 2.00. The molecule has 2 aliphatic rings. The van der Waals surface area contributed by atoms with Gasteiger partial charge in [-0.2, -0.15) is 0 Å². The second-order valence-electron chi connectivity index (χ2n) is 5.30. The molecular formula is C15H15NO4. The number of benzene rings is 1. The van der Waals surface area contributed by atoms with Gasteiger partial charge in [0.1, 0.15) is 0 Å². The van der Waals surface area contributed by atoms with Crippen molar-refractivity contribution in [2.75, 3.05) is 0 Å². The number of nitrogens with zero attached hydrogens (tertiary/aromatic N) is 1. The predicted molar refractivity (Wildman–Crippen MR) is 69.2 cm³/mol. The van der Waals surface area contributed by atoms with Crippen LogP contribution in [0.1, 0.15) is 36.3 Å². The molecule has 0 aromatic heterocycles. The van der Waals surface area contributed by atoms with Gasteiger partial charge in [-0.3, -0.25) is 9.59 Å². The lowest BCUT2D eigenvalue weighted by Gasteiger charge is -2.12. The SMILES string of the molecule is Cc1ccccc1[C@H]1C[C@@H]1C(=O)ON1C(=O)CCC1=O. The van der Waals surface area contributed by atoms with Crippen LogP contribution in [0.3, 0.4) is 0 Å². The number of hydrogen-bond acceptors (Lipinski definition) is 4. The van der Waals surface area contributed by atoms with E-state index < -0.39 is 17.8 Å². The van der Waals surface area contributed by atoms with Crippen LogP contribution >= 0.6 is 0 Å². The van der Waals surface area contributed by atoms with Crippen molar-refractivity contribution in [2.24, 2.45) is 5.92 Å². The maximum Gasteiger partial charge on any atom is 0.336 e. The molecule has 1 aromatic carbocycles. The van der Waals surface area contributed by atoms with Crippen LogP contribution in [0.4, 0.5) is 0 Å². The topological polar surface area (TPSA) is 63.7 Å². The van der Waals surface area contributed by atoms with E-state index in [1.54, 1.807) is 0 Å². The molecule has 2 fully saturated rings. The third-order valence-electron chi connectivity index (χ3n) is 3.87. The van der Waals surface area contributed by atoms with E-state index in [1.807, 2.05) is 31.2 Å². The minimum Gasteiger partial charge on any atom is -0.330 e. The molecule has 1 aromatic rings. The first-order chi connectivity index (χ1) is 9.58. The Morgan fingerprint density at radius 1 is 1.20 bits per heavy atom. The molecular weight excluding hydrogens is 258 g/mol. The van der Waals surface area contributed by atoms with Crippen molar-refractivity contribution < 1.29 is 19.2 Å². The highest BCUT2D eigenvalue weighted by molar-refractivity contribution is 6.01. The molecule has 0 bridgehead atoms. The van der Waals surface area contributed by atoms with Crippen LogP contribution in [-0.4, -0.2) is 22.8 Å². The smallest absolute Gasteiger partial charge is 0.330 e. The van der Waals surface area contributed by atoms with E-state index in [2.05, 4.69) is 0 Å². The highest BCUT2D eigenvalue weighted by Crippen LogP contribution is 2.49. The van der Waals surface area contributed by atoms with Gasteiger partial charge in [-0.05, 0) is 30.4 Å². The summed E-state index contributed by atoms with van der Waals surface area (Å²) in [5.41, 5.74) is 2.27. The molecule has 1 saturated heterocycles. The van der Waals surface area contributed by atoms with Crippen molar-refractivity contribution >= 4 is 17.8 Å². The third kappa shape index (κ3) is 2.19. The fraction of sp³-hybridized carbons (Fsp3) is 0.400. The van der Waals surface area contributed by atoms with Gasteiger partial charge < -0.3 is 4.84 Å². The molecule has 2 atom stereocenters. The predicted octanol–water partition coefficient (Wildman–Crippen LogP) is 1.71. The zero-order valence-corrected chi connectivity index (χ0v) is 11.2. The van der Waals surface area contributed by atoms with E-state index in [-0.39, 0.29) is 24.7 Å². The summed E-state index contributed by atoms with van der Waals surface area (Å²) in [5, 5.41) is 0.621. The fourth-order valence-electron chi connectivity index (χ4n) is 2.62. The van der Waals surface area contributed by atoms with Gasteiger partial charge in [0.05, 0.1) is 5.92 Å². The lowest BCUT2D eigenvalue weighted by molar-refractivity contribution is -0.198. The van der Waals surface area contributed by atoms with Crippen molar-refractivity contribution in [3.05, 3.63) is 35.4 Å². The largest absolute Gasteiger partial charge is 0.336 e. The molecule has 0 N–H and O–H groups in total. The Kier molecular flexibility index (Phi) is 3.04. The van der Waals surface area contributed by atoms with Crippen molar-refractivity contribution in [3.63, 3.8) is 0 Å². The maximum absolute atomic E-state index is 12.0. The van der Waals surface area contributed by atoms with Gasteiger partial charge in [0.25, 0.3) is 11.8 Å². The number of carbonyl (C=O) groups excluding carboxylic acids is 3. The van der Waals surface area contributed by atoms with E-state index in [1.165, 1.54) is 0 Å². The second-order valence-corrected chi connectivity index (χ2v) is 5.30. The van der Waals surface area contributed by atoms with Gasteiger partial charge in [-0.15, -0.1) is 5.06 Å². The molecule has 3 rings (SSSR count). The fourth-order valence-corrected chi connectivity index (χ4v) is 2.62. The molecule has 0 radical (unpaired) electrons. The average Bonchev–Trinajstić information content (AvgIpc) is 3.16. The molecule has 0 unspecified atom stereocenters. The number of carbonyl (C=O) groups is 3. The zero-order chi connectivity index (χ0) is 14.3. The summed E-state index contributed by atoms with van der Waals surface area (Å²) in [6, 6.07) is 7.90. The Balaban J connectivity index is 1.65. The number of hydroxylamine groups is 2. The standard InChI is InChI=1S/C15H15NO4/c1-9-4-2-3-5-10(9)11-8-12(11)15(19)20-16-13(17)6-7-14(16)18/h2-5,11-12H,6-8H2,1H3/t11-,12+/m1/s1. The van der Waals surface area contributed by atoms with E-state index in [0.717, 1.165) is 11.1 Å². The minimum atomic E-state index is -0.484. The first kappa shape index (κ1) is 12.8. The number of imide groups is 1. The van der Waals surface area contributed by atoms with Crippen LogP contribution in [0, 0.1) is 12.8 Å². The summed E-state index contributed by atoms with van der Waals surface area (Å²) in [7, 11) is 0. The Morgan fingerprint density at radius 3 is 2.50 bits per heavy atom. The quantitative estimate of drug-likeness (QED) is 0.786. The van der Waals surface area contributed by atoms with Crippen LogP contribution in [0.15, 0.2) is 24.3 Å². The highest BCUT2D eigenvalue weighted by Gasteiger charge is 2.48. The summed E-state index contributed by atoms with van der Waals surface area (Å²) >= 11 is 0. The Morgan fingerprint density at radius 2 is 1.85 bits per heavy atom. The number of amides is 2. The first-order valence-electron chi connectivity index (χ1n) is 6.71. The summed E-state index contributed by atoms with van der Waals surface area (Å²) in [4.78, 5) is 39.7. The van der Waals surface area contributed by atoms with Crippen LogP contribution < -0.4 is 0 Å². The summed E-state index contributed by atoms with van der Waals surface area (Å²) < 4.78 is 0. The third-order valence-corrected chi connectivity index (χ3v) is 3.87. The van der Waals surface area contributed by atoms with E-state index in [0.29, 0.717) is 11.5 Å². The Labute approximate surface area is 116 Å². The van der Waals surface area contributed by atoms with Crippen molar-refractivity contribution in [1.29, 1.82) is 0 Å². The van der Waals surface area contributed by atoms with Crippen LogP contribution in [0.2, 0.25) is 0 Å². The van der Waals surface area contributed by atoms with Gasteiger partial charge in [-0.1, -0.05) is 24.3 Å². The summed E-state index contributed by atoms with van der Waals surface area (Å²) in [6.07, 6.45) is 0.954. The van der Waals surface area contributed by atoms with Crippen molar-refractivity contribution in [2.45, 2.75) is 32.1 Å². The molecule has 104 valence electrons. The van der Waals surface area contributed by atoms with Gasteiger partial charge >= 0.3 is 5.97 Å². The van der Waals surface area contributed by atoms with Crippen LogP contribution in [0.25, 0.3) is 0 Å². The lowest BCUT2D eigenvalue weighted by atomic mass is 10.0. The molecule has 5 heteroatoms. The Hall–Kier alpha value is -2.17. The average molecular weight is 273 g/mol. The molecule has 20 heavy (non-hydrogen) atoms. The number of hydrogen-bond donors (Lipinski definition) is 0. The molecule has 1 aliphatic carbocycles. The first-order valence-corrected chi connectivity index (χ1v) is 6.71. The van der Waals surface area contributed by atoms with E-state index in [4.69, 9.17) is 4.84 Å². The normalized spacial score (nSPS) is 24.9.